The normalized spacial score (nSPS) is 18.2. The van der Waals surface area contributed by atoms with E-state index in [4.69, 9.17) is 11.6 Å². The molecule has 0 saturated carbocycles. The number of sulfonamides is 1. The van der Waals surface area contributed by atoms with Crippen LogP contribution in [0.5, 0.6) is 0 Å². The van der Waals surface area contributed by atoms with Crippen LogP contribution in [-0.2, 0) is 16.2 Å². The molecule has 0 aliphatic carbocycles. The number of aliphatic hydroxyl groups excluding tert-OH is 2. The van der Waals surface area contributed by atoms with Gasteiger partial charge in [0.2, 0.25) is 0 Å². The van der Waals surface area contributed by atoms with E-state index >= 15 is 0 Å². The second-order valence-corrected chi connectivity index (χ2v) is 12.9. The van der Waals surface area contributed by atoms with Gasteiger partial charge < -0.3 is 15.1 Å². The first kappa shape index (κ1) is 31.3. The van der Waals surface area contributed by atoms with E-state index in [1.807, 2.05) is 9.80 Å². The van der Waals surface area contributed by atoms with E-state index in [9.17, 15) is 36.2 Å². The van der Waals surface area contributed by atoms with Crippen LogP contribution in [0.15, 0.2) is 65.6 Å². The smallest absolute Gasteiger partial charge is 0.395 e. The van der Waals surface area contributed by atoms with E-state index < -0.39 is 44.6 Å². The van der Waals surface area contributed by atoms with Gasteiger partial charge in [0.1, 0.15) is 5.82 Å². The molecule has 2 heterocycles. The Labute approximate surface area is 252 Å². The molecule has 13 heteroatoms. The molecule has 3 aromatic carbocycles. The molecule has 3 aromatic rings. The van der Waals surface area contributed by atoms with Gasteiger partial charge in [-0.3, -0.25) is 9.21 Å². The minimum atomic E-state index is -4.74. The average molecular weight is 640 g/mol. The van der Waals surface area contributed by atoms with Crippen molar-refractivity contribution in [2.45, 2.75) is 30.1 Å². The van der Waals surface area contributed by atoms with Crippen LogP contribution in [0.4, 0.5) is 28.9 Å². The van der Waals surface area contributed by atoms with Crippen molar-refractivity contribution in [3.05, 3.63) is 88.2 Å². The van der Waals surface area contributed by atoms with Gasteiger partial charge in [0.15, 0.2) is 0 Å². The van der Waals surface area contributed by atoms with Crippen LogP contribution in [0.2, 0.25) is 5.02 Å². The maximum atomic E-state index is 14.6. The van der Waals surface area contributed by atoms with Crippen LogP contribution in [0, 0.1) is 5.82 Å². The number of alkyl halides is 3. The third kappa shape index (κ3) is 6.12. The number of aliphatic hydroxyl groups is 2. The van der Waals surface area contributed by atoms with Gasteiger partial charge in [-0.2, -0.15) is 13.2 Å². The number of halogens is 5. The quantitative estimate of drug-likeness (QED) is 0.276. The second-order valence-electron chi connectivity index (χ2n) is 10.6. The highest BCUT2D eigenvalue weighted by molar-refractivity contribution is 7.92. The number of nitrogens with zero attached hydrogens (tertiary/aromatic N) is 3. The first-order valence-electron chi connectivity index (χ1n) is 13.5. The number of piperazine rings is 1. The SMILES string of the molecule is CC(=Cc1ccc2c(c1)N(S(=O)(=O)c1cccc(C(F)(F)F)c1)CC1CN(C(CO)CO)CCN21)c1c(F)cccc1Cl. The Balaban J connectivity index is 1.61. The minimum absolute atomic E-state index is 0.0864. The molecule has 0 aromatic heterocycles. The molecular formula is C30H30ClF4N3O4S. The van der Waals surface area contributed by atoms with Gasteiger partial charge in [-0.1, -0.05) is 35.9 Å². The number of hydrogen-bond acceptors (Lipinski definition) is 6. The number of hydrogen-bond donors (Lipinski definition) is 2. The van der Waals surface area contributed by atoms with Gasteiger partial charge in [-0.25, -0.2) is 12.8 Å². The molecular weight excluding hydrogens is 610 g/mol. The van der Waals surface area contributed by atoms with Crippen LogP contribution in [0.3, 0.4) is 0 Å². The van der Waals surface area contributed by atoms with Crippen molar-refractivity contribution in [2.75, 3.05) is 48.6 Å². The summed E-state index contributed by atoms with van der Waals surface area (Å²) in [4.78, 5) is 3.40. The van der Waals surface area contributed by atoms with Crippen molar-refractivity contribution in [3.63, 3.8) is 0 Å². The fourth-order valence-corrected chi connectivity index (χ4v) is 7.59. The molecule has 0 amide bonds. The molecule has 2 N–H and O–H groups in total. The van der Waals surface area contributed by atoms with Crippen LogP contribution in [-0.4, -0.2) is 75.0 Å². The van der Waals surface area contributed by atoms with Crippen LogP contribution in [0.1, 0.15) is 23.6 Å². The predicted octanol–water partition coefficient (Wildman–Crippen LogP) is 5.11. The van der Waals surface area contributed by atoms with Gasteiger partial charge in [-0.15, -0.1) is 0 Å². The molecule has 0 bridgehead atoms. The molecule has 2 aliphatic rings. The molecule has 43 heavy (non-hydrogen) atoms. The van der Waals surface area contributed by atoms with Gasteiger partial charge in [0.25, 0.3) is 10.0 Å². The molecule has 1 saturated heterocycles. The van der Waals surface area contributed by atoms with Crippen molar-refractivity contribution in [2.24, 2.45) is 0 Å². The van der Waals surface area contributed by atoms with E-state index in [2.05, 4.69) is 0 Å². The fourth-order valence-electron chi connectivity index (χ4n) is 5.72. The largest absolute Gasteiger partial charge is 0.416 e. The van der Waals surface area contributed by atoms with E-state index in [1.165, 1.54) is 12.1 Å². The third-order valence-electron chi connectivity index (χ3n) is 7.90. The molecule has 0 radical (unpaired) electrons. The monoisotopic (exact) mass is 639 g/mol. The van der Waals surface area contributed by atoms with Gasteiger partial charge >= 0.3 is 6.18 Å². The maximum Gasteiger partial charge on any atom is 0.416 e. The molecule has 230 valence electrons. The van der Waals surface area contributed by atoms with E-state index in [0.29, 0.717) is 42.5 Å². The summed E-state index contributed by atoms with van der Waals surface area (Å²) in [5, 5.41) is 19.7. The van der Waals surface area contributed by atoms with Crippen molar-refractivity contribution in [1.29, 1.82) is 0 Å². The molecule has 0 spiro atoms. The Hall–Kier alpha value is -3.16. The Bertz CT molecular complexity index is 1630. The number of anilines is 2. The van der Waals surface area contributed by atoms with Crippen LogP contribution in [0.25, 0.3) is 11.6 Å². The maximum absolute atomic E-state index is 14.6. The lowest BCUT2D eigenvalue weighted by Gasteiger charge is -2.50. The lowest BCUT2D eigenvalue weighted by atomic mass is 10.0. The summed E-state index contributed by atoms with van der Waals surface area (Å²) >= 11 is 6.24. The number of rotatable bonds is 7. The lowest BCUT2D eigenvalue weighted by molar-refractivity contribution is -0.137. The molecule has 2 aliphatic heterocycles. The second kappa shape index (κ2) is 12.1. The van der Waals surface area contributed by atoms with Crippen molar-refractivity contribution >= 4 is 44.6 Å². The zero-order chi connectivity index (χ0) is 31.1. The Morgan fingerprint density at radius 3 is 2.42 bits per heavy atom. The average Bonchev–Trinajstić information content (AvgIpc) is 2.96. The fraction of sp³-hybridized carbons (Fsp3) is 0.333. The van der Waals surface area contributed by atoms with Gasteiger partial charge in [0, 0.05) is 25.2 Å². The summed E-state index contributed by atoms with van der Waals surface area (Å²) in [6.07, 6.45) is -3.07. The Kier molecular flexibility index (Phi) is 8.79. The third-order valence-corrected chi connectivity index (χ3v) is 9.99. The number of allylic oxidation sites excluding steroid dienone is 1. The zero-order valence-electron chi connectivity index (χ0n) is 23.1. The highest BCUT2D eigenvalue weighted by atomic mass is 35.5. The molecule has 1 atom stereocenters. The Morgan fingerprint density at radius 1 is 1.02 bits per heavy atom. The predicted molar refractivity (Wildman–Crippen MR) is 158 cm³/mol. The summed E-state index contributed by atoms with van der Waals surface area (Å²) in [6.45, 7) is 2.29. The van der Waals surface area contributed by atoms with Gasteiger partial charge in [-0.05, 0) is 60.5 Å². The van der Waals surface area contributed by atoms with E-state index in [1.54, 1.807) is 37.3 Å². The zero-order valence-corrected chi connectivity index (χ0v) is 24.7. The number of benzene rings is 3. The topological polar surface area (TPSA) is 84.3 Å². The van der Waals surface area contributed by atoms with Crippen LogP contribution >= 0.6 is 11.6 Å². The van der Waals surface area contributed by atoms with Crippen molar-refractivity contribution < 1.29 is 36.2 Å². The highest BCUT2D eigenvalue weighted by Crippen LogP contribution is 2.42. The molecule has 1 fully saturated rings. The summed E-state index contributed by atoms with van der Waals surface area (Å²) in [6, 6.07) is 12.1. The molecule has 1 unspecified atom stereocenters. The molecule has 5 rings (SSSR count). The summed E-state index contributed by atoms with van der Waals surface area (Å²) < 4.78 is 84.3. The number of fused-ring (bicyclic) bond motifs is 3. The first-order chi connectivity index (χ1) is 20.3. The standard InChI is InChI=1S/C30H30ClF4N3O4S/c1-19(29-25(31)6-3-7-26(29)32)12-20-8-9-27-28(13-20)38(16-22-15-36(10-11-37(22)27)23(17-39)18-40)43(41,42)24-5-2-4-21(14-24)30(33,34)35/h2-9,12-14,22-23,39-40H,10-11,15-18H2,1H3. The molecule has 7 nitrogen and oxygen atoms in total. The van der Waals surface area contributed by atoms with Crippen molar-refractivity contribution in [1.82, 2.24) is 4.90 Å². The first-order valence-corrected chi connectivity index (χ1v) is 15.4. The highest BCUT2D eigenvalue weighted by Gasteiger charge is 2.41. The summed E-state index contributed by atoms with van der Waals surface area (Å²) in [7, 11) is -4.48. The van der Waals surface area contributed by atoms with Crippen LogP contribution < -0.4 is 9.21 Å². The summed E-state index contributed by atoms with van der Waals surface area (Å²) in [5.74, 6) is -0.516. The Morgan fingerprint density at radius 2 is 1.74 bits per heavy atom. The minimum Gasteiger partial charge on any atom is -0.395 e. The van der Waals surface area contributed by atoms with Crippen molar-refractivity contribution in [3.8, 4) is 0 Å². The van der Waals surface area contributed by atoms with E-state index in [-0.39, 0.29) is 36.0 Å². The van der Waals surface area contributed by atoms with Gasteiger partial charge in [0.05, 0.1) is 58.7 Å². The lowest BCUT2D eigenvalue weighted by Crippen LogP contribution is -2.63. The summed E-state index contributed by atoms with van der Waals surface area (Å²) in [5.41, 5.74) is 0.987. The van der Waals surface area contributed by atoms with E-state index in [0.717, 1.165) is 22.5 Å².